The number of nitrogens with two attached hydrogens (primary N) is 1. The number of carbonyl (C=O) groups excluding carboxylic acids is 2. The lowest BCUT2D eigenvalue weighted by Crippen LogP contribution is -2.60. The number of ether oxygens (including phenoxy) is 4. The monoisotopic (exact) mass is 1370 g/mol. The quantitative estimate of drug-likeness (QED) is 0.131. The van der Waals surface area contributed by atoms with Gasteiger partial charge in [-0.2, -0.15) is 0 Å². The van der Waals surface area contributed by atoms with Gasteiger partial charge in [0.15, 0.2) is 8.32 Å². The number of amides is 1. The highest BCUT2D eigenvalue weighted by Crippen LogP contribution is 2.71. The van der Waals surface area contributed by atoms with E-state index >= 15 is 0 Å². The number of imidazole rings is 1. The highest BCUT2D eigenvalue weighted by Gasteiger charge is 2.65. The van der Waals surface area contributed by atoms with Crippen LogP contribution in [0.3, 0.4) is 0 Å². The van der Waals surface area contributed by atoms with Crippen LogP contribution in [0, 0.1) is 98.6 Å². The first kappa shape index (κ1) is 72.2. The number of nitrogens with one attached hydrogen (secondary N) is 1. The van der Waals surface area contributed by atoms with Crippen molar-refractivity contribution in [2.75, 3.05) is 13.2 Å². The van der Waals surface area contributed by atoms with Crippen molar-refractivity contribution in [2.24, 2.45) is 104 Å². The molecule has 0 unspecified atom stereocenters. The first-order chi connectivity index (χ1) is 44.3. The molecule has 8 fully saturated rings. The summed E-state index contributed by atoms with van der Waals surface area (Å²) in [5.41, 5.74) is 2.28. The molecule has 3 aromatic rings. The number of fused-ring (bicyclic) bond motifs is 12. The lowest BCUT2D eigenvalue weighted by Gasteiger charge is -2.63. The van der Waals surface area contributed by atoms with Gasteiger partial charge < -0.3 is 33.6 Å². The molecule has 0 spiro atoms. The first-order valence-corrected chi connectivity index (χ1v) is 42.8. The summed E-state index contributed by atoms with van der Waals surface area (Å²) in [4.78, 5) is 29.3. The average molecular weight is 1370 g/mol. The number of benzene rings is 2. The first-order valence-electron chi connectivity index (χ1n) is 36.4. The van der Waals surface area contributed by atoms with Gasteiger partial charge in [-0.1, -0.05) is 54.9 Å². The molecule has 5 N–H and O–H groups in total. The summed E-state index contributed by atoms with van der Waals surface area (Å²) in [6, 6.07) is 9.46. The largest absolute Gasteiger partial charge is 0.488 e. The molecule has 0 saturated heterocycles. The fourth-order valence-corrected chi connectivity index (χ4v) is 24.7. The number of carbonyl (C=O) groups is 2. The van der Waals surface area contributed by atoms with E-state index in [1.54, 1.807) is 36.7 Å². The van der Waals surface area contributed by atoms with E-state index in [9.17, 15) is 36.6 Å². The highest BCUT2D eigenvalue weighted by molar-refractivity contribution is 7.90. The molecule has 2 aliphatic heterocycles. The molecular formula is C75H116N4O13S2Si. The zero-order chi connectivity index (χ0) is 68.8. The van der Waals surface area contributed by atoms with E-state index in [2.05, 4.69) is 77.8 Å². The number of aryl methyl sites for hydroxylation is 2. The number of hydrogen-bond acceptors (Lipinski definition) is 14. The van der Waals surface area contributed by atoms with Crippen molar-refractivity contribution < 1.29 is 60.0 Å². The van der Waals surface area contributed by atoms with Gasteiger partial charge in [0.2, 0.25) is 10.0 Å². The van der Waals surface area contributed by atoms with Gasteiger partial charge in [0.25, 0.3) is 10.0 Å². The molecular weight excluding hydrogens is 1260 g/mol. The van der Waals surface area contributed by atoms with Crippen LogP contribution in [-0.2, 0) is 46.8 Å². The van der Waals surface area contributed by atoms with Gasteiger partial charge in [-0.15, -0.1) is 0 Å². The molecule has 0 bridgehead atoms. The Kier molecular flexibility index (Phi) is 20.4. The van der Waals surface area contributed by atoms with Crippen LogP contribution in [0.2, 0.25) is 19.6 Å². The number of aliphatic hydroxyl groups is 2. The lowest BCUT2D eigenvalue weighted by atomic mass is 9.43. The molecule has 20 heteroatoms. The number of sulfonamides is 2. The lowest BCUT2D eigenvalue weighted by molar-refractivity contribution is -0.174. The molecule has 8 saturated carbocycles. The van der Waals surface area contributed by atoms with E-state index in [4.69, 9.17) is 28.5 Å². The number of primary sulfonamides is 1. The molecule has 2 aromatic carbocycles. The summed E-state index contributed by atoms with van der Waals surface area (Å²) in [5.74, 6) is 8.27. The van der Waals surface area contributed by atoms with E-state index in [1.807, 2.05) is 27.7 Å². The molecule has 8 aliphatic carbocycles. The summed E-state index contributed by atoms with van der Waals surface area (Å²) >= 11 is 0. The third kappa shape index (κ3) is 14.8. The van der Waals surface area contributed by atoms with Crippen molar-refractivity contribution >= 4 is 40.6 Å². The maximum atomic E-state index is 13.0. The Labute approximate surface area is 569 Å². The maximum Gasteiger partial charge on any atom is 0.421 e. The smallest absolute Gasteiger partial charge is 0.421 e. The van der Waals surface area contributed by atoms with E-state index in [0.29, 0.717) is 77.1 Å². The molecule has 17 nitrogen and oxygen atoms in total. The molecule has 20 atom stereocenters. The SMILES string of the molecule is CC1(C)CCc2cc(S(N)(=O)=O)ccc2O1.C[C@@H]1CC[C@@]2(C)[C@@H](C1)C[C@@H](O[Si](C)(C)C)[C@@H]1[C@@H]2CC[C@]2(C)[C@@H]([C@H](C)COC(=O)n3ccnc3)CC[C@@H]12.C[C@H](COC(=O)NS(=O)(=O)c1ccc2c(c1)CCC(C)(C)O2)[C@H]1CC[C@H]2[C@@H]3[C@H](O)C[C@@H]4C[C@H](O)CC[C@]4(C)[C@H]3CC[C@]12C. The normalized spacial score (nSPS) is 37.9. The Bertz CT molecular complexity index is 3490. The third-order valence-corrected chi connectivity index (χ3v) is 30.2. The Balaban J connectivity index is 0.000000159. The zero-order valence-corrected chi connectivity index (χ0v) is 62.3. The number of aliphatic hydroxyl groups excluding tert-OH is 2. The molecule has 530 valence electrons. The number of rotatable bonds is 11. The fourth-order valence-electron chi connectivity index (χ4n) is 22.0. The summed E-state index contributed by atoms with van der Waals surface area (Å²) in [6.45, 7) is 32.8. The third-order valence-electron chi connectivity index (χ3n) is 27.0. The second-order valence-electron chi connectivity index (χ2n) is 35.1. The summed E-state index contributed by atoms with van der Waals surface area (Å²) in [5, 5.41) is 26.9. The van der Waals surface area contributed by atoms with Gasteiger partial charge in [-0.25, -0.2) is 45.8 Å². The summed E-state index contributed by atoms with van der Waals surface area (Å²) in [6.07, 6.45) is 25.0. The van der Waals surface area contributed by atoms with Gasteiger partial charge in [0, 0.05) is 18.5 Å². The van der Waals surface area contributed by atoms with Crippen molar-refractivity contribution in [3.8, 4) is 11.5 Å². The maximum absolute atomic E-state index is 13.0. The molecule has 95 heavy (non-hydrogen) atoms. The van der Waals surface area contributed by atoms with Gasteiger partial charge in [-0.05, 0) is 315 Å². The fraction of sp³-hybridized carbons (Fsp3) is 0.773. The zero-order valence-electron chi connectivity index (χ0n) is 59.7. The second-order valence-corrected chi connectivity index (χ2v) is 42.8. The summed E-state index contributed by atoms with van der Waals surface area (Å²) < 4.78 is 82.0. The predicted octanol–water partition coefficient (Wildman–Crippen LogP) is 14.9. The van der Waals surface area contributed by atoms with Gasteiger partial charge in [-0.3, -0.25) is 0 Å². The molecule has 10 aliphatic rings. The van der Waals surface area contributed by atoms with Crippen LogP contribution >= 0.6 is 0 Å². The summed E-state index contributed by atoms with van der Waals surface area (Å²) in [7, 11) is -9.35. The van der Waals surface area contributed by atoms with Crippen LogP contribution in [0.5, 0.6) is 11.5 Å². The van der Waals surface area contributed by atoms with Crippen LogP contribution in [0.15, 0.2) is 64.9 Å². The Hall–Kier alpha value is -4.05. The number of hydrogen-bond donors (Lipinski definition) is 4. The molecule has 1 amide bonds. The second kappa shape index (κ2) is 26.8. The topological polar surface area (TPSA) is 245 Å². The standard InChI is InChI=1S/C34H51NO7S.C30H50N2O3Si.C11H15NO3S/c1-20(19-41-31(38)35-43(39,40)24-6-9-29-21(16-24)10-13-32(2,3)42-29)25-7-8-26-30-27(12-15-34(25,26)5)33(4)14-11-23(36)17-22(33)18-28(30)37;1-20-10-12-29(3)22(16-20)17-26(35-36(5,6)7)27-24-9-8-23(30(24,4)13-11-25(27)29)21(2)18-34-28(33)32-15-14-31-19-32;1-11(2)6-5-8-7-9(16(12,13)14)3-4-10(8)15-11/h6,9,16,20,22-23,25-28,30,36-37H,7-8,10-15,17-19H2,1-5H3,(H,35,38);14-15,19-27H,8-13,16-18H2,1-7H3;3-4,7H,5-6H2,1-2H3,(H2,12,13,14)/t20-,22+,23-,25-,26+,27+,28-,30+,33+,34-;20-,21-,22+,23-,24+,25+,26-,27+,29+,30-;/m11./s1. The minimum Gasteiger partial charge on any atom is -0.488 e. The van der Waals surface area contributed by atoms with Crippen LogP contribution in [0.1, 0.15) is 203 Å². The highest BCUT2D eigenvalue weighted by atomic mass is 32.2. The van der Waals surface area contributed by atoms with Crippen LogP contribution in [0.4, 0.5) is 9.59 Å². The van der Waals surface area contributed by atoms with Crippen LogP contribution in [-0.4, -0.2) is 99.8 Å². The van der Waals surface area contributed by atoms with Gasteiger partial charge >= 0.3 is 12.2 Å². The molecule has 3 heterocycles. The molecule has 0 radical (unpaired) electrons. The Morgan fingerprint density at radius 2 is 1.16 bits per heavy atom. The molecule has 1 aromatic heterocycles. The van der Waals surface area contributed by atoms with Crippen molar-refractivity contribution in [1.82, 2.24) is 14.3 Å². The van der Waals surface area contributed by atoms with Crippen molar-refractivity contribution in [1.29, 1.82) is 0 Å². The van der Waals surface area contributed by atoms with E-state index in [1.165, 1.54) is 74.4 Å². The Morgan fingerprint density at radius 1 is 0.653 bits per heavy atom. The van der Waals surface area contributed by atoms with Crippen molar-refractivity contribution in [2.45, 2.75) is 264 Å². The van der Waals surface area contributed by atoms with Crippen molar-refractivity contribution in [3.05, 3.63) is 66.2 Å². The van der Waals surface area contributed by atoms with Crippen LogP contribution in [0.25, 0.3) is 0 Å². The number of aromatic nitrogens is 2. The average Bonchev–Trinajstić information content (AvgIpc) is 1.70. The minimum atomic E-state index is -4.08. The Morgan fingerprint density at radius 3 is 1.72 bits per heavy atom. The number of nitrogens with zero attached hydrogens (tertiary/aromatic N) is 2. The predicted molar refractivity (Wildman–Crippen MR) is 370 cm³/mol. The van der Waals surface area contributed by atoms with E-state index < -0.39 is 34.5 Å². The minimum absolute atomic E-state index is 0.0249. The van der Waals surface area contributed by atoms with Crippen molar-refractivity contribution in [3.63, 3.8) is 0 Å². The van der Waals surface area contributed by atoms with Gasteiger partial charge in [0.1, 0.15) is 29.0 Å². The van der Waals surface area contributed by atoms with Crippen LogP contribution < -0.4 is 19.3 Å². The molecule has 13 rings (SSSR count). The van der Waals surface area contributed by atoms with E-state index in [-0.39, 0.29) is 68.6 Å². The van der Waals surface area contributed by atoms with Gasteiger partial charge in [0.05, 0.1) is 35.2 Å². The van der Waals surface area contributed by atoms with E-state index in [0.717, 1.165) is 111 Å².